The molecule has 1 unspecified atom stereocenters. The van der Waals surface area contributed by atoms with E-state index in [4.69, 9.17) is 5.73 Å². The van der Waals surface area contributed by atoms with Crippen LogP contribution in [0.3, 0.4) is 0 Å². The second kappa shape index (κ2) is 4.08. The van der Waals surface area contributed by atoms with Crippen LogP contribution in [0.1, 0.15) is 25.3 Å². The molecular formula is C12H14BrF2N. The molecule has 1 aromatic carbocycles. The van der Waals surface area contributed by atoms with E-state index >= 15 is 0 Å². The molecule has 1 aliphatic carbocycles. The lowest BCUT2D eigenvalue weighted by atomic mass is 9.93. The van der Waals surface area contributed by atoms with Gasteiger partial charge in [-0.3, -0.25) is 0 Å². The summed E-state index contributed by atoms with van der Waals surface area (Å²) in [6, 6.07) is 2.47. The first kappa shape index (κ1) is 12.0. The molecule has 2 rings (SSSR count). The summed E-state index contributed by atoms with van der Waals surface area (Å²) in [6.07, 6.45) is 2.35. The molecule has 0 aliphatic heterocycles. The van der Waals surface area contributed by atoms with Crippen molar-refractivity contribution in [3.8, 4) is 0 Å². The van der Waals surface area contributed by atoms with Crippen molar-refractivity contribution in [1.29, 1.82) is 0 Å². The molecule has 16 heavy (non-hydrogen) atoms. The summed E-state index contributed by atoms with van der Waals surface area (Å²) >= 11 is 3.05. The Balaban J connectivity index is 2.24. The predicted octanol–water partition coefficient (Wildman–Crippen LogP) is 3.40. The Morgan fingerprint density at radius 3 is 2.62 bits per heavy atom. The van der Waals surface area contributed by atoms with Crippen LogP contribution in [0, 0.1) is 17.0 Å². The van der Waals surface area contributed by atoms with Gasteiger partial charge in [-0.2, -0.15) is 0 Å². The maximum atomic E-state index is 13.7. The highest BCUT2D eigenvalue weighted by Crippen LogP contribution is 2.48. The second-order valence-electron chi connectivity index (χ2n) is 4.79. The number of nitrogens with two attached hydrogens (primary N) is 1. The van der Waals surface area contributed by atoms with E-state index in [1.807, 2.05) is 0 Å². The molecule has 2 N–H and O–H groups in total. The van der Waals surface area contributed by atoms with E-state index in [1.165, 1.54) is 12.1 Å². The highest BCUT2D eigenvalue weighted by Gasteiger charge is 2.43. The molecule has 1 aliphatic rings. The smallest absolute Gasteiger partial charge is 0.143 e. The van der Waals surface area contributed by atoms with Gasteiger partial charge in [0, 0.05) is 11.6 Å². The van der Waals surface area contributed by atoms with E-state index in [2.05, 4.69) is 22.9 Å². The Labute approximate surface area is 102 Å². The molecule has 0 spiro atoms. The van der Waals surface area contributed by atoms with Gasteiger partial charge >= 0.3 is 0 Å². The Morgan fingerprint density at radius 1 is 1.44 bits per heavy atom. The van der Waals surface area contributed by atoms with E-state index in [1.54, 1.807) is 0 Å². The zero-order valence-corrected chi connectivity index (χ0v) is 10.7. The van der Waals surface area contributed by atoms with Crippen LogP contribution in [-0.2, 0) is 6.42 Å². The Morgan fingerprint density at radius 2 is 2.06 bits per heavy atom. The average Bonchev–Trinajstić information content (AvgIpc) is 2.98. The molecule has 0 aromatic heterocycles. The standard InChI is InChI=1S/C12H14BrF2N/c1-12(4-5-12)10(16)6-7-9(14)3-2-8(13)11(7)15/h2-3,10H,4-6,16H2,1H3. The number of rotatable bonds is 3. The normalized spacial score (nSPS) is 19.6. The van der Waals surface area contributed by atoms with Gasteiger partial charge in [0.05, 0.1) is 4.47 Å². The lowest BCUT2D eigenvalue weighted by Crippen LogP contribution is -2.32. The maximum Gasteiger partial charge on any atom is 0.143 e. The van der Waals surface area contributed by atoms with Crippen LogP contribution in [0.15, 0.2) is 16.6 Å². The molecular weight excluding hydrogens is 276 g/mol. The second-order valence-corrected chi connectivity index (χ2v) is 5.64. The van der Waals surface area contributed by atoms with E-state index in [-0.39, 0.29) is 27.9 Å². The molecule has 1 atom stereocenters. The quantitative estimate of drug-likeness (QED) is 0.848. The van der Waals surface area contributed by atoms with Gasteiger partial charge in [0.2, 0.25) is 0 Å². The van der Waals surface area contributed by atoms with E-state index in [9.17, 15) is 8.78 Å². The fraction of sp³-hybridized carbons (Fsp3) is 0.500. The first-order valence-electron chi connectivity index (χ1n) is 5.32. The fourth-order valence-corrected chi connectivity index (χ4v) is 2.16. The first-order chi connectivity index (χ1) is 7.44. The van der Waals surface area contributed by atoms with Gasteiger partial charge < -0.3 is 5.73 Å². The van der Waals surface area contributed by atoms with Crippen molar-refractivity contribution < 1.29 is 8.78 Å². The number of hydrogen-bond acceptors (Lipinski definition) is 1. The Hall–Kier alpha value is -0.480. The van der Waals surface area contributed by atoms with E-state index in [0.717, 1.165) is 12.8 Å². The van der Waals surface area contributed by atoms with Crippen molar-refractivity contribution in [3.05, 3.63) is 33.8 Å². The molecule has 0 saturated heterocycles. The van der Waals surface area contributed by atoms with Crippen LogP contribution in [-0.4, -0.2) is 6.04 Å². The van der Waals surface area contributed by atoms with Crippen LogP contribution >= 0.6 is 15.9 Å². The van der Waals surface area contributed by atoms with Crippen molar-refractivity contribution in [1.82, 2.24) is 0 Å². The van der Waals surface area contributed by atoms with Crippen molar-refractivity contribution in [2.24, 2.45) is 11.1 Å². The summed E-state index contributed by atoms with van der Waals surface area (Å²) in [4.78, 5) is 0. The summed E-state index contributed by atoms with van der Waals surface area (Å²) in [7, 11) is 0. The Kier molecular flexibility index (Phi) is 3.05. The largest absolute Gasteiger partial charge is 0.327 e. The minimum Gasteiger partial charge on any atom is -0.327 e. The van der Waals surface area contributed by atoms with Crippen LogP contribution in [0.5, 0.6) is 0 Å². The Bertz CT molecular complexity index is 416. The monoisotopic (exact) mass is 289 g/mol. The minimum atomic E-state index is -0.528. The molecule has 0 heterocycles. The summed E-state index contributed by atoms with van der Waals surface area (Å²) in [5.41, 5.74) is 6.15. The van der Waals surface area contributed by atoms with Crippen molar-refractivity contribution >= 4 is 15.9 Å². The number of benzene rings is 1. The summed E-state index contributed by atoms with van der Waals surface area (Å²) in [6.45, 7) is 2.06. The highest BCUT2D eigenvalue weighted by atomic mass is 79.9. The molecule has 1 fully saturated rings. The molecule has 88 valence electrons. The molecule has 0 amide bonds. The summed E-state index contributed by atoms with van der Waals surface area (Å²) in [5, 5.41) is 0. The van der Waals surface area contributed by atoms with E-state index < -0.39 is 11.6 Å². The van der Waals surface area contributed by atoms with Crippen LogP contribution in [0.4, 0.5) is 8.78 Å². The average molecular weight is 290 g/mol. The third-order valence-corrected chi connectivity index (χ3v) is 4.11. The number of hydrogen-bond donors (Lipinski definition) is 1. The number of halogens is 3. The predicted molar refractivity (Wildman–Crippen MR) is 63.1 cm³/mol. The van der Waals surface area contributed by atoms with Gasteiger partial charge in [-0.1, -0.05) is 6.92 Å². The third-order valence-electron chi connectivity index (χ3n) is 3.50. The molecule has 4 heteroatoms. The van der Waals surface area contributed by atoms with Gasteiger partial charge in [0.15, 0.2) is 0 Å². The first-order valence-corrected chi connectivity index (χ1v) is 6.11. The van der Waals surface area contributed by atoms with Gasteiger partial charge in [0.1, 0.15) is 11.6 Å². The third kappa shape index (κ3) is 2.13. The van der Waals surface area contributed by atoms with Crippen LogP contribution in [0.2, 0.25) is 0 Å². The molecule has 0 bridgehead atoms. The highest BCUT2D eigenvalue weighted by molar-refractivity contribution is 9.10. The van der Waals surface area contributed by atoms with Crippen molar-refractivity contribution in [2.75, 3.05) is 0 Å². The van der Waals surface area contributed by atoms with Gasteiger partial charge in [-0.05, 0) is 52.7 Å². The minimum absolute atomic E-state index is 0.0706. The van der Waals surface area contributed by atoms with Crippen LogP contribution in [0.25, 0.3) is 0 Å². The maximum absolute atomic E-state index is 13.7. The van der Waals surface area contributed by atoms with E-state index in [0.29, 0.717) is 0 Å². The fourth-order valence-electron chi connectivity index (χ4n) is 1.79. The molecule has 1 aromatic rings. The lowest BCUT2D eigenvalue weighted by molar-refractivity contribution is 0.418. The zero-order chi connectivity index (χ0) is 11.9. The molecule has 1 nitrogen and oxygen atoms in total. The van der Waals surface area contributed by atoms with Crippen LogP contribution < -0.4 is 5.73 Å². The lowest BCUT2D eigenvalue weighted by Gasteiger charge is -2.19. The van der Waals surface area contributed by atoms with Gasteiger partial charge in [-0.15, -0.1) is 0 Å². The zero-order valence-electron chi connectivity index (χ0n) is 9.06. The molecule has 1 saturated carbocycles. The topological polar surface area (TPSA) is 26.0 Å². The van der Waals surface area contributed by atoms with Gasteiger partial charge in [0.25, 0.3) is 0 Å². The van der Waals surface area contributed by atoms with Gasteiger partial charge in [-0.25, -0.2) is 8.78 Å². The molecule has 0 radical (unpaired) electrons. The van der Waals surface area contributed by atoms with Crippen molar-refractivity contribution in [2.45, 2.75) is 32.2 Å². The summed E-state index contributed by atoms with van der Waals surface area (Å²) in [5.74, 6) is -1.04. The van der Waals surface area contributed by atoms with Crippen molar-refractivity contribution in [3.63, 3.8) is 0 Å². The SMILES string of the molecule is CC1(C(N)Cc2c(F)ccc(Br)c2F)CC1. The summed E-state index contributed by atoms with van der Waals surface area (Å²) < 4.78 is 27.5.